The van der Waals surface area contributed by atoms with Gasteiger partial charge in [-0.2, -0.15) is 4.98 Å². The maximum atomic E-state index is 11.3. The van der Waals surface area contributed by atoms with Gasteiger partial charge < -0.3 is 9.64 Å². The molecule has 18 heavy (non-hydrogen) atoms. The van der Waals surface area contributed by atoms with Crippen molar-refractivity contribution in [2.45, 2.75) is 0 Å². The van der Waals surface area contributed by atoms with Gasteiger partial charge in [0.25, 0.3) is 0 Å². The number of hydrogen-bond acceptors (Lipinski definition) is 6. The van der Waals surface area contributed by atoms with Crippen molar-refractivity contribution < 1.29 is 9.53 Å². The number of rotatable bonds is 3. The first kappa shape index (κ1) is 12.0. The molecule has 0 atom stereocenters. The second kappa shape index (κ2) is 4.82. The number of carbonyl (C=O) groups is 1. The summed E-state index contributed by atoms with van der Waals surface area (Å²) in [5.74, 6) is 0.743. The van der Waals surface area contributed by atoms with E-state index in [1.807, 2.05) is 14.1 Å². The third-order valence-corrected chi connectivity index (χ3v) is 2.27. The average molecular weight is 247 g/mol. The SMILES string of the molecule is COC(=O)c1cn(-c2ccnc(N(C)C)n2)cn1. The van der Waals surface area contributed by atoms with Gasteiger partial charge in [-0.1, -0.05) is 0 Å². The van der Waals surface area contributed by atoms with Gasteiger partial charge in [-0.3, -0.25) is 4.57 Å². The van der Waals surface area contributed by atoms with E-state index in [4.69, 9.17) is 0 Å². The average Bonchev–Trinajstić information content (AvgIpc) is 2.87. The van der Waals surface area contributed by atoms with Gasteiger partial charge in [0.1, 0.15) is 12.1 Å². The fourth-order valence-electron chi connectivity index (χ4n) is 1.36. The first-order chi connectivity index (χ1) is 8.61. The van der Waals surface area contributed by atoms with Crippen LogP contribution >= 0.6 is 0 Å². The zero-order valence-corrected chi connectivity index (χ0v) is 10.4. The number of ether oxygens (including phenoxy) is 1. The number of anilines is 1. The lowest BCUT2D eigenvalue weighted by Gasteiger charge is -2.10. The van der Waals surface area contributed by atoms with Crippen LogP contribution in [0.25, 0.3) is 5.82 Å². The molecular formula is C11H13N5O2. The summed E-state index contributed by atoms with van der Waals surface area (Å²) in [6.45, 7) is 0. The predicted octanol–water partition coefficient (Wildman–Crippen LogP) is 0.515. The molecule has 0 saturated heterocycles. The number of hydrogen-bond donors (Lipinski definition) is 0. The summed E-state index contributed by atoms with van der Waals surface area (Å²) in [6.07, 6.45) is 4.72. The normalized spacial score (nSPS) is 10.2. The fourth-order valence-corrected chi connectivity index (χ4v) is 1.36. The van der Waals surface area contributed by atoms with Crippen molar-refractivity contribution >= 4 is 11.9 Å². The highest BCUT2D eigenvalue weighted by atomic mass is 16.5. The topological polar surface area (TPSA) is 73.1 Å². The predicted molar refractivity (Wildman–Crippen MR) is 64.8 cm³/mol. The molecule has 0 fully saturated rings. The number of methoxy groups -OCH3 is 1. The lowest BCUT2D eigenvalue weighted by atomic mass is 10.5. The Kier molecular flexibility index (Phi) is 3.22. The number of nitrogens with zero attached hydrogens (tertiary/aromatic N) is 5. The highest BCUT2D eigenvalue weighted by Gasteiger charge is 2.10. The molecule has 0 bridgehead atoms. The standard InChI is InChI=1S/C11H13N5O2/c1-15(2)11-12-5-4-9(14-11)16-6-8(13-7-16)10(17)18-3/h4-7H,1-3H3. The number of esters is 1. The van der Waals surface area contributed by atoms with Crippen molar-refractivity contribution in [3.63, 3.8) is 0 Å². The van der Waals surface area contributed by atoms with E-state index in [9.17, 15) is 4.79 Å². The van der Waals surface area contributed by atoms with E-state index in [-0.39, 0.29) is 5.69 Å². The summed E-state index contributed by atoms with van der Waals surface area (Å²) in [5, 5.41) is 0. The molecule has 0 spiro atoms. The van der Waals surface area contributed by atoms with Crippen LogP contribution in [-0.4, -0.2) is 46.7 Å². The van der Waals surface area contributed by atoms with Crippen molar-refractivity contribution in [2.24, 2.45) is 0 Å². The monoisotopic (exact) mass is 247 g/mol. The highest BCUT2D eigenvalue weighted by molar-refractivity contribution is 5.86. The van der Waals surface area contributed by atoms with Crippen molar-refractivity contribution in [3.05, 3.63) is 30.5 Å². The van der Waals surface area contributed by atoms with Gasteiger partial charge in [0, 0.05) is 26.5 Å². The second-order valence-electron chi connectivity index (χ2n) is 3.77. The molecule has 2 heterocycles. The Morgan fingerprint density at radius 1 is 1.39 bits per heavy atom. The van der Waals surface area contributed by atoms with Gasteiger partial charge in [-0.25, -0.2) is 14.8 Å². The van der Waals surface area contributed by atoms with Crippen molar-refractivity contribution in [1.29, 1.82) is 0 Å². The molecule has 0 aliphatic heterocycles. The third kappa shape index (κ3) is 2.29. The molecule has 7 heteroatoms. The molecule has 0 aliphatic carbocycles. The fraction of sp³-hybridized carbons (Fsp3) is 0.273. The van der Waals surface area contributed by atoms with Crippen LogP contribution in [0, 0.1) is 0 Å². The summed E-state index contributed by atoms with van der Waals surface area (Å²) in [6, 6.07) is 1.73. The Balaban J connectivity index is 2.34. The quantitative estimate of drug-likeness (QED) is 0.736. The highest BCUT2D eigenvalue weighted by Crippen LogP contribution is 2.09. The molecule has 2 rings (SSSR count). The van der Waals surface area contributed by atoms with Crippen LogP contribution in [0.3, 0.4) is 0 Å². The van der Waals surface area contributed by atoms with Crippen LogP contribution in [0.5, 0.6) is 0 Å². The minimum Gasteiger partial charge on any atom is -0.464 e. The second-order valence-corrected chi connectivity index (χ2v) is 3.77. The zero-order chi connectivity index (χ0) is 13.1. The van der Waals surface area contributed by atoms with E-state index in [0.29, 0.717) is 11.8 Å². The van der Waals surface area contributed by atoms with Gasteiger partial charge in [-0.15, -0.1) is 0 Å². The van der Waals surface area contributed by atoms with Crippen LogP contribution in [0.2, 0.25) is 0 Å². The summed E-state index contributed by atoms with van der Waals surface area (Å²) < 4.78 is 6.23. The smallest absolute Gasteiger partial charge is 0.358 e. The van der Waals surface area contributed by atoms with Crippen LogP contribution in [0.1, 0.15) is 10.5 Å². The molecular weight excluding hydrogens is 234 g/mol. The Morgan fingerprint density at radius 3 is 2.83 bits per heavy atom. The van der Waals surface area contributed by atoms with Crippen LogP contribution in [-0.2, 0) is 4.74 Å². The molecule has 94 valence electrons. The maximum Gasteiger partial charge on any atom is 0.358 e. The molecule has 2 aromatic rings. The van der Waals surface area contributed by atoms with Gasteiger partial charge in [0.05, 0.1) is 7.11 Å². The van der Waals surface area contributed by atoms with E-state index in [0.717, 1.165) is 0 Å². The molecule has 0 aliphatic rings. The number of imidazole rings is 1. The van der Waals surface area contributed by atoms with Gasteiger partial charge >= 0.3 is 5.97 Å². The Hall–Kier alpha value is -2.44. The van der Waals surface area contributed by atoms with E-state index in [1.54, 1.807) is 27.9 Å². The van der Waals surface area contributed by atoms with Crippen LogP contribution < -0.4 is 4.90 Å². The molecule has 0 aromatic carbocycles. The van der Waals surface area contributed by atoms with Crippen molar-refractivity contribution in [2.75, 3.05) is 26.1 Å². The minimum atomic E-state index is -0.476. The third-order valence-electron chi connectivity index (χ3n) is 2.27. The molecule has 0 radical (unpaired) electrons. The molecule has 2 aromatic heterocycles. The summed E-state index contributed by atoms with van der Waals surface area (Å²) in [4.78, 5) is 25.5. The van der Waals surface area contributed by atoms with Crippen molar-refractivity contribution in [1.82, 2.24) is 19.5 Å². The van der Waals surface area contributed by atoms with E-state index in [1.165, 1.54) is 13.4 Å². The van der Waals surface area contributed by atoms with Gasteiger partial charge in [0.2, 0.25) is 5.95 Å². The molecule has 7 nitrogen and oxygen atoms in total. The van der Waals surface area contributed by atoms with E-state index >= 15 is 0 Å². The molecule has 0 saturated carbocycles. The number of aromatic nitrogens is 4. The van der Waals surface area contributed by atoms with Gasteiger partial charge in [0.15, 0.2) is 5.69 Å². The van der Waals surface area contributed by atoms with E-state index in [2.05, 4.69) is 19.7 Å². The summed E-state index contributed by atoms with van der Waals surface area (Å²) >= 11 is 0. The van der Waals surface area contributed by atoms with Crippen LogP contribution in [0.15, 0.2) is 24.8 Å². The lowest BCUT2D eigenvalue weighted by Crippen LogP contribution is -2.13. The largest absolute Gasteiger partial charge is 0.464 e. The maximum absolute atomic E-state index is 11.3. The molecule has 0 N–H and O–H groups in total. The minimum absolute atomic E-state index is 0.238. The Morgan fingerprint density at radius 2 is 2.17 bits per heavy atom. The Labute approximate surface area is 104 Å². The summed E-state index contributed by atoms with van der Waals surface area (Å²) in [7, 11) is 5.02. The molecule has 0 amide bonds. The van der Waals surface area contributed by atoms with Crippen LogP contribution in [0.4, 0.5) is 5.95 Å². The van der Waals surface area contributed by atoms with E-state index < -0.39 is 5.97 Å². The summed E-state index contributed by atoms with van der Waals surface area (Å²) in [5.41, 5.74) is 0.238. The van der Waals surface area contributed by atoms with Crippen molar-refractivity contribution in [3.8, 4) is 5.82 Å². The van der Waals surface area contributed by atoms with Gasteiger partial charge in [-0.05, 0) is 6.07 Å². The number of carbonyl (C=O) groups excluding carboxylic acids is 1. The zero-order valence-electron chi connectivity index (χ0n) is 10.4. The Bertz CT molecular complexity index is 564. The first-order valence-corrected chi connectivity index (χ1v) is 5.25. The lowest BCUT2D eigenvalue weighted by molar-refractivity contribution is 0.0594. The first-order valence-electron chi connectivity index (χ1n) is 5.25. The molecule has 0 unspecified atom stereocenters.